The molecule has 0 aliphatic carbocycles. The Balaban J connectivity index is 1.50. The Bertz CT molecular complexity index is 1250. The molecule has 1 N–H and O–H groups in total. The molecule has 2 amide bonds. The van der Waals surface area contributed by atoms with Crippen molar-refractivity contribution in [2.75, 3.05) is 37.7 Å². The second kappa shape index (κ2) is 9.18. The van der Waals surface area contributed by atoms with Crippen LogP contribution >= 0.6 is 11.3 Å². The van der Waals surface area contributed by atoms with Crippen LogP contribution in [0.1, 0.15) is 18.5 Å². The Morgan fingerprint density at radius 3 is 2.56 bits per heavy atom. The predicted molar refractivity (Wildman–Crippen MR) is 128 cm³/mol. The quantitative estimate of drug-likeness (QED) is 0.605. The molecule has 2 aliphatic rings. The highest BCUT2D eigenvalue weighted by Crippen LogP contribution is 2.35. The lowest BCUT2D eigenvalue weighted by molar-refractivity contribution is 0.133. The number of imidazole rings is 1. The molecular formula is C23H24N6O4S. The highest BCUT2D eigenvalue weighted by Gasteiger charge is 2.26. The van der Waals surface area contributed by atoms with E-state index in [1.54, 1.807) is 30.7 Å². The van der Waals surface area contributed by atoms with Crippen LogP contribution in [-0.2, 0) is 4.74 Å². The van der Waals surface area contributed by atoms with Gasteiger partial charge in [0, 0.05) is 44.5 Å². The molecule has 0 atom stereocenters. The zero-order valence-corrected chi connectivity index (χ0v) is 19.4. The van der Waals surface area contributed by atoms with Crippen molar-refractivity contribution >= 4 is 35.0 Å². The third-order valence-electron chi connectivity index (χ3n) is 5.83. The molecule has 0 unspecified atom stereocenters. The molecule has 1 fully saturated rings. The Labute approximate surface area is 200 Å². The number of aromatic nitrogens is 3. The maximum absolute atomic E-state index is 12.1. The fraction of sp³-hybridized carbons (Fsp3) is 0.304. The first-order valence-corrected chi connectivity index (χ1v) is 11.9. The summed E-state index contributed by atoms with van der Waals surface area (Å²) in [6, 6.07) is 7.89. The van der Waals surface area contributed by atoms with Gasteiger partial charge in [-0.3, -0.25) is 4.90 Å². The van der Waals surface area contributed by atoms with Crippen molar-refractivity contribution in [3.63, 3.8) is 0 Å². The van der Waals surface area contributed by atoms with Gasteiger partial charge < -0.3 is 19.6 Å². The smallest absolute Gasteiger partial charge is 0.417 e. The van der Waals surface area contributed by atoms with E-state index in [1.807, 2.05) is 46.3 Å². The van der Waals surface area contributed by atoms with Crippen molar-refractivity contribution in [2.24, 2.45) is 0 Å². The number of carbonyl (C=O) groups excluding carboxylic acids is 1. The van der Waals surface area contributed by atoms with E-state index in [1.165, 1.54) is 9.80 Å². The van der Waals surface area contributed by atoms with Gasteiger partial charge >= 0.3 is 12.2 Å². The minimum absolute atomic E-state index is 0.149. The van der Waals surface area contributed by atoms with Crippen LogP contribution in [0.5, 0.6) is 0 Å². The maximum Gasteiger partial charge on any atom is 0.417 e. The molecule has 0 saturated carbocycles. The first-order valence-electron chi connectivity index (χ1n) is 11.0. The van der Waals surface area contributed by atoms with E-state index in [0.717, 1.165) is 27.7 Å². The number of ether oxygens (including phenoxy) is 1. The molecule has 0 spiro atoms. The molecule has 176 valence electrons. The fourth-order valence-electron chi connectivity index (χ4n) is 4.12. The predicted octanol–water partition coefficient (Wildman–Crippen LogP) is 3.84. The normalized spacial score (nSPS) is 16.4. The minimum atomic E-state index is -0.895. The number of fused-ring (bicyclic) bond motifs is 1. The fourth-order valence-corrected chi connectivity index (χ4v) is 4.84. The lowest BCUT2D eigenvalue weighted by Crippen LogP contribution is -2.48. The van der Waals surface area contributed by atoms with E-state index in [-0.39, 0.29) is 5.92 Å². The first-order chi connectivity index (χ1) is 16.5. The Hall–Kier alpha value is -3.86. The molecule has 0 radical (unpaired) electrons. The number of allylic oxidation sites excluding steroid dienone is 2. The van der Waals surface area contributed by atoms with Gasteiger partial charge in [0.25, 0.3) is 0 Å². The van der Waals surface area contributed by atoms with Crippen LogP contribution in [0.2, 0.25) is 0 Å². The van der Waals surface area contributed by atoms with Crippen LogP contribution in [-0.4, -0.2) is 74.5 Å². The van der Waals surface area contributed by atoms with Gasteiger partial charge in [-0.1, -0.05) is 18.2 Å². The summed E-state index contributed by atoms with van der Waals surface area (Å²) in [4.78, 5) is 34.1. The van der Waals surface area contributed by atoms with Gasteiger partial charge in [-0.15, -0.1) is 16.4 Å². The topological polar surface area (TPSA) is 104 Å². The summed E-state index contributed by atoms with van der Waals surface area (Å²) in [6.07, 6.45) is 5.94. The number of hydrogen-bond donors (Lipinski definition) is 1. The number of carbonyl (C=O) groups is 2. The lowest BCUT2D eigenvalue weighted by atomic mass is 10.0. The molecule has 10 nitrogen and oxygen atoms in total. The molecule has 2 aliphatic heterocycles. The van der Waals surface area contributed by atoms with Crippen LogP contribution in [0, 0.1) is 0 Å². The zero-order valence-electron chi connectivity index (χ0n) is 18.6. The maximum atomic E-state index is 12.1. The number of anilines is 1. The Kier molecular flexibility index (Phi) is 5.93. The average Bonchev–Trinajstić information content (AvgIpc) is 3.52. The van der Waals surface area contributed by atoms with Crippen molar-refractivity contribution in [1.82, 2.24) is 24.4 Å². The largest absolute Gasteiger partial charge is 0.465 e. The standard InChI is InChI=1S/C23H24N6O4S/c1-2-33-23(32)28-9-7-16(8-10-28)21-20(17-4-3-15-34-17)24-18-5-6-19(25-29(18)21)26-11-13-27(14-12-26)22(30)31/h3-10,15-16H,2,11-14H2,1H3,(H,30,31). The zero-order chi connectivity index (χ0) is 23.7. The third kappa shape index (κ3) is 4.10. The minimum Gasteiger partial charge on any atom is -0.465 e. The van der Waals surface area contributed by atoms with Crippen molar-refractivity contribution in [1.29, 1.82) is 0 Å². The second-order valence-corrected chi connectivity index (χ2v) is 8.80. The van der Waals surface area contributed by atoms with E-state index < -0.39 is 12.2 Å². The van der Waals surface area contributed by atoms with Gasteiger partial charge in [-0.25, -0.2) is 19.1 Å². The number of rotatable bonds is 4. The molecule has 5 rings (SSSR count). The highest BCUT2D eigenvalue weighted by atomic mass is 32.1. The summed E-state index contributed by atoms with van der Waals surface area (Å²) in [7, 11) is 0. The monoisotopic (exact) mass is 480 g/mol. The van der Waals surface area contributed by atoms with E-state index in [9.17, 15) is 14.7 Å². The summed E-state index contributed by atoms with van der Waals surface area (Å²) in [6.45, 7) is 4.10. The van der Waals surface area contributed by atoms with Crippen molar-refractivity contribution < 1.29 is 19.4 Å². The van der Waals surface area contributed by atoms with Gasteiger partial charge in [-0.05, 0) is 30.5 Å². The first kappa shape index (κ1) is 22.0. The number of nitrogens with zero attached hydrogens (tertiary/aromatic N) is 6. The number of amides is 2. The third-order valence-corrected chi connectivity index (χ3v) is 6.71. The van der Waals surface area contributed by atoms with Gasteiger partial charge in [0.2, 0.25) is 0 Å². The number of thiophene rings is 1. The molecule has 34 heavy (non-hydrogen) atoms. The molecule has 3 aromatic heterocycles. The summed E-state index contributed by atoms with van der Waals surface area (Å²) < 4.78 is 6.93. The van der Waals surface area contributed by atoms with Crippen LogP contribution in [0.15, 0.2) is 54.2 Å². The van der Waals surface area contributed by atoms with Gasteiger partial charge in [0.15, 0.2) is 5.65 Å². The molecule has 0 bridgehead atoms. The van der Waals surface area contributed by atoms with Crippen molar-refractivity contribution in [3.05, 3.63) is 59.9 Å². The number of carboxylic acid groups (broad SMARTS) is 1. The summed E-state index contributed by atoms with van der Waals surface area (Å²) >= 11 is 1.61. The van der Waals surface area contributed by atoms with E-state index in [0.29, 0.717) is 32.8 Å². The molecule has 3 aromatic rings. The molecule has 5 heterocycles. The van der Waals surface area contributed by atoms with Crippen LogP contribution in [0.3, 0.4) is 0 Å². The van der Waals surface area contributed by atoms with E-state index in [4.69, 9.17) is 14.8 Å². The van der Waals surface area contributed by atoms with Crippen LogP contribution in [0.25, 0.3) is 16.2 Å². The molecular weight excluding hydrogens is 456 g/mol. The van der Waals surface area contributed by atoms with Gasteiger partial charge in [-0.2, -0.15) is 0 Å². The van der Waals surface area contributed by atoms with E-state index >= 15 is 0 Å². The van der Waals surface area contributed by atoms with Gasteiger partial charge in [0.1, 0.15) is 11.5 Å². The average molecular weight is 481 g/mol. The summed E-state index contributed by atoms with van der Waals surface area (Å²) in [5.74, 6) is 0.621. The molecule has 0 aromatic carbocycles. The van der Waals surface area contributed by atoms with Crippen LogP contribution in [0.4, 0.5) is 15.4 Å². The molecule has 11 heteroatoms. The van der Waals surface area contributed by atoms with Crippen molar-refractivity contribution in [2.45, 2.75) is 12.8 Å². The Morgan fingerprint density at radius 1 is 1.15 bits per heavy atom. The Morgan fingerprint density at radius 2 is 1.91 bits per heavy atom. The van der Waals surface area contributed by atoms with Gasteiger partial charge in [0.05, 0.1) is 17.2 Å². The molecule has 1 saturated heterocycles. The lowest BCUT2D eigenvalue weighted by Gasteiger charge is -2.33. The van der Waals surface area contributed by atoms with Crippen molar-refractivity contribution in [3.8, 4) is 10.6 Å². The number of piperazine rings is 1. The number of hydrogen-bond acceptors (Lipinski definition) is 7. The SMILES string of the molecule is CCOC(=O)N1C=CC(c2c(-c3cccs3)nc3ccc(N4CCN(C(=O)O)CC4)nn23)C=C1. The summed E-state index contributed by atoms with van der Waals surface area (Å²) in [5, 5.41) is 16.1. The second-order valence-electron chi connectivity index (χ2n) is 7.86. The van der Waals surface area contributed by atoms with E-state index in [2.05, 4.69) is 4.90 Å². The summed E-state index contributed by atoms with van der Waals surface area (Å²) in [5.41, 5.74) is 2.47. The highest BCUT2D eigenvalue weighted by molar-refractivity contribution is 7.13. The van der Waals surface area contributed by atoms with Crippen LogP contribution < -0.4 is 4.90 Å².